The largest absolute Gasteiger partial charge is 0.350 e. The molecule has 0 spiro atoms. The lowest BCUT2D eigenvalue weighted by atomic mass is 10.1. The van der Waals surface area contributed by atoms with E-state index in [-0.39, 0.29) is 29.1 Å². The SMILES string of the molecule is CNCCONC(=O)c1cc2c(ncn2C)c(F)c1Nc1ccc(Br)cc1F. The highest BCUT2D eigenvalue weighted by Crippen LogP contribution is 2.32. The summed E-state index contributed by atoms with van der Waals surface area (Å²) in [7, 11) is 3.42. The maximum atomic E-state index is 15.1. The molecule has 3 rings (SSSR count). The smallest absolute Gasteiger partial charge is 0.277 e. The van der Waals surface area contributed by atoms with Crippen LogP contribution in [0.15, 0.2) is 35.1 Å². The fourth-order valence-corrected chi connectivity index (χ4v) is 2.91. The molecule has 0 unspecified atom stereocenters. The predicted molar refractivity (Wildman–Crippen MR) is 105 cm³/mol. The zero-order chi connectivity index (χ0) is 20.3. The molecule has 1 amide bonds. The molecule has 7 nitrogen and oxygen atoms in total. The molecule has 0 aliphatic rings. The van der Waals surface area contributed by atoms with E-state index in [0.29, 0.717) is 16.5 Å². The lowest BCUT2D eigenvalue weighted by molar-refractivity contribution is 0.0329. The summed E-state index contributed by atoms with van der Waals surface area (Å²) in [6.45, 7) is 0.743. The number of benzene rings is 2. The predicted octanol–water partition coefficient (Wildman–Crippen LogP) is 3.24. The number of hydrogen-bond acceptors (Lipinski definition) is 5. The number of carbonyl (C=O) groups is 1. The fraction of sp³-hybridized carbons (Fsp3) is 0.222. The van der Waals surface area contributed by atoms with Gasteiger partial charge < -0.3 is 15.2 Å². The average molecular weight is 454 g/mol. The first kappa shape index (κ1) is 20.2. The van der Waals surface area contributed by atoms with Crippen molar-refractivity contribution in [3.05, 3.63) is 52.3 Å². The number of hydroxylamine groups is 1. The lowest BCUT2D eigenvalue weighted by Gasteiger charge is -2.15. The Hall–Kier alpha value is -2.56. The number of imidazole rings is 1. The van der Waals surface area contributed by atoms with Crippen LogP contribution < -0.4 is 16.1 Å². The normalized spacial score (nSPS) is 11.0. The molecule has 0 atom stereocenters. The van der Waals surface area contributed by atoms with Gasteiger partial charge in [-0.05, 0) is 31.3 Å². The van der Waals surface area contributed by atoms with Crippen LogP contribution in [0.2, 0.25) is 0 Å². The van der Waals surface area contributed by atoms with Crippen LogP contribution in [-0.4, -0.2) is 35.7 Å². The first-order chi connectivity index (χ1) is 13.4. The van der Waals surface area contributed by atoms with Crippen molar-refractivity contribution in [2.75, 3.05) is 25.5 Å². The van der Waals surface area contributed by atoms with E-state index >= 15 is 4.39 Å². The second kappa shape index (κ2) is 8.63. The number of anilines is 2. The Morgan fingerprint density at radius 3 is 2.82 bits per heavy atom. The Morgan fingerprint density at radius 1 is 1.32 bits per heavy atom. The van der Waals surface area contributed by atoms with Crippen molar-refractivity contribution in [1.82, 2.24) is 20.3 Å². The molecule has 0 aliphatic carbocycles. The number of amides is 1. The van der Waals surface area contributed by atoms with Crippen molar-refractivity contribution >= 4 is 44.2 Å². The molecule has 0 radical (unpaired) electrons. The molecular weight excluding hydrogens is 436 g/mol. The summed E-state index contributed by atoms with van der Waals surface area (Å²) in [6, 6.07) is 5.75. The zero-order valence-electron chi connectivity index (χ0n) is 15.1. The lowest BCUT2D eigenvalue weighted by Crippen LogP contribution is -2.28. The quantitative estimate of drug-likeness (QED) is 0.378. The van der Waals surface area contributed by atoms with Gasteiger partial charge in [0.15, 0.2) is 5.82 Å². The van der Waals surface area contributed by atoms with Gasteiger partial charge in [-0.1, -0.05) is 15.9 Å². The van der Waals surface area contributed by atoms with E-state index in [4.69, 9.17) is 4.84 Å². The third-order valence-corrected chi connectivity index (χ3v) is 4.51. The van der Waals surface area contributed by atoms with Crippen LogP contribution in [0.1, 0.15) is 10.4 Å². The zero-order valence-corrected chi connectivity index (χ0v) is 16.7. The van der Waals surface area contributed by atoms with Gasteiger partial charge in [-0.2, -0.15) is 0 Å². The van der Waals surface area contributed by atoms with E-state index in [2.05, 4.69) is 37.0 Å². The molecule has 28 heavy (non-hydrogen) atoms. The van der Waals surface area contributed by atoms with Crippen LogP contribution in [0.5, 0.6) is 0 Å². The molecule has 0 saturated heterocycles. The summed E-state index contributed by atoms with van der Waals surface area (Å²) < 4.78 is 31.5. The number of nitrogens with zero attached hydrogens (tertiary/aromatic N) is 2. The van der Waals surface area contributed by atoms with Crippen molar-refractivity contribution in [2.45, 2.75) is 0 Å². The molecule has 0 fully saturated rings. The van der Waals surface area contributed by atoms with Gasteiger partial charge >= 0.3 is 0 Å². The van der Waals surface area contributed by atoms with Crippen LogP contribution >= 0.6 is 15.9 Å². The van der Waals surface area contributed by atoms with E-state index in [9.17, 15) is 9.18 Å². The highest BCUT2D eigenvalue weighted by molar-refractivity contribution is 9.10. The highest BCUT2D eigenvalue weighted by atomic mass is 79.9. The number of carbonyl (C=O) groups excluding carboxylic acids is 1. The van der Waals surface area contributed by atoms with Gasteiger partial charge in [0.2, 0.25) is 0 Å². The molecule has 1 heterocycles. The van der Waals surface area contributed by atoms with Crippen LogP contribution in [0, 0.1) is 11.6 Å². The van der Waals surface area contributed by atoms with E-state index < -0.39 is 17.5 Å². The summed E-state index contributed by atoms with van der Waals surface area (Å²) in [5.74, 6) is -2.04. The summed E-state index contributed by atoms with van der Waals surface area (Å²) in [6.07, 6.45) is 1.43. The minimum absolute atomic E-state index is 0.0162. The summed E-state index contributed by atoms with van der Waals surface area (Å²) in [5.41, 5.74) is 2.53. The van der Waals surface area contributed by atoms with Crippen LogP contribution in [0.4, 0.5) is 20.2 Å². The van der Waals surface area contributed by atoms with Crippen molar-refractivity contribution in [2.24, 2.45) is 7.05 Å². The molecule has 10 heteroatoms. The van der Waals surface area contributed by atoms with Gasteiger partial charge in [0, 0.05) is 18.1 Å². The standard InChI is InChI=1S/C18H18BrF2N5O2/c1-22-5-6-28-25-18(27)11-8-14-17(23-9-26(14)2)15(21)16(11)24-13-4-3-10(19)7-12(13)20/h3-4,7-9,22,24H,5-6H2,1-2H3,(H,25,27). The summed E-state index contributed by atoms with van der Waals surface area (Å²) in [4.78, 5) is 21.7. The monoisotopic (exact) mass is 453 g/mol. The number of fused-ring (bicyclic) bond motifs is 1. The van der Waals surface area contributed by atoms with Crippen molar-refractivity contribution in [3.63, 3.8) is 0 Å². The molecule has 0 aliphatic heterocycles. The van der Waals surface area contributed by atoms with Gasteiger partial charge in [0.25, 0.3) is 5.91 Å². The second-order valence-corrected chi connectivity index (χ2v) is 6.88. The maximum absolute atomic E-state index is 15.1. The molecule has 1 aromatic heterocycles. The van der Waals surface area contributed by atoms with Gasteiger partial charge in [0.05, 0.1) is 35.4 Å². The third kappa shape index (κ3) is 4.13. The number of aryl methyl sites for hydroxylation is 1. The Balaban J connectivity index is 2.03. The number of hydrogen-bond donors (Lipinski definition) is 3. The van der Waals surface area contributed by atoms with Crippen LogP contribution in [0.25, 0.3) is 11.0 Å². The topological polar surface area (TPSA) is 80.2 Å². The van der Waals surface area contributed by atoms with Gasteiger partial charge in [-0.15, -0.1) is 0 Å². The fourth-order valence-electron chi connectivity index (χ4n) is 2.58. The molecule has 3 aromatic rings. The second-order valence-electron chi connectivity index (χ2n) is 5.97. The van der Waals surface area contributed by atoms with Crippen LogP contribution in [0.3, 0.4) is 0 Å². The van der Waals surface area contributed by atoms with Gasteiger partial charge in [-0.25, -0.2) is 19.2 Å². The van der Waals surface area contributed by atoms with E-state index in [1.54, 1.807) is 24.7 Å². The Labute approximate surface area is 168 Å². The van der Waals surface area contributed by atoms with Crippen LogP contribution in [-0.2, 0) is 11.9 Å². The highest BCUT2D eigenvalue weighted by Gasteiger charge is 2.22. The summed E-state index contributed by atoms with van der Waals surface area (Å²) >= 11 is 3.17. The van der Waals surface area contributed by atoms with E-state index in [1.807, 2.05) is 0 Å². The Kier molecular flexibility index (Phi) is 6.22. The third-order valence-electron chi connectivity index (χ3n) is 4.01. The number of halogens is 3. The summed E-state index contributed by atoms with van der Waals surface area (Å²) in [5, 5.41) is 5.54. The minimum atomic E-state index is -0.763. The Bertz CT molecular complexity index is 1020. The van der Waals surface area contributed by atoms with Gasteiger partial charge in [0.1, 0.15) is 11.3 Å². The first-order valence-electron chi connectivity index (χ1n) is 8.34. The number of likely N-dealkylation sites (N-methyl/N-ethyl adjacent to an activating group) is 1. The van der Waals surface area contributed by atoms with Crippen molar-refractivity contribution in [3.8, 4) is 0 Å². The van der Waals surface area contributed by atoms with E-state index in [0.717, 1.165) is 0 Å². The van der Waals surface area contributed by atoms with Crippen molar-refractivity contribution < 1.29 is 18.4 Å². The first-order valence-corrected chi connectivity index (χ1v) is 9.14. The number of nitrogens with one attached hydrogen (secondary N) is 3. The molecule has 2 aromatic carbocycles. The number of rotatable bonds is 7. The molecule has 3 N–H and O–H groups in total. The van der Waals surface area contributed by atoms with Gasteiger partial charge in [-0.3, -0.25) is 9.63 Å². The molecule has 148 valence electrons. The minimum Gasteiger partial charge on any atom is -0.350 e. The Morgan fingerprint density at radius 2 is 2.11 bits per heavy atom. The molecular formula is C18H18BrF2N5O2. The van der Waals surface area contributed by atoms with E-state index in [1.165, 1.54) is 24.5 Å². The maximum Gasteiger partial charge on any atom is 0.277 e. The molecule has 0 saturated carbocycles. The van der Waals surface area contributed by atoms with Crippen molar-refractivity contribution in [1.29, 1.82) is 0 Å². The average Bonchev–Trinajstić information content (AvgIpc) is 3.03. The number of aromatic nitrogens is 2. The molecule has 0 bridgehead atoms.